The van der Waals surface area contributed by atoms with Crippen LogP contribution < -0.4 is 5.32 Å². The summed E-state index contributed by atoms with van der Waals surface area (Å²) in [6.45, 7) is 2.03. The predicted molar refractivity (Wildman–Crippen MR) is 82.3 cm³/mol. The summed E-state index contributed by atoms with van der Waals surface area (Å²) in [5, 5.41) is 3.69. The number of pyridine rings is 1. The fourth-order valence-electron chi connectivity index (χ4n) is 2.63. The summed E-state index contributed by atoms with van der Waals surface area (Å²) in [7, 11) is 1.82. The summed E-state index contributed by atoms with van der Waals surface area (Å²) < 4.78 is 1.74. The standard InChI is InChI=1S/C16H18ClN3O/c1-10-4-3-7-18-14(10)15(11-5-6-11)19-16(21)13-8-12(17)9-20(13)2/h3-4,7-9,11,15H,5-6H2,1-2H3,(H,19,21)/t15-/m1/s1. The lowest BCUT2D eigenvalue weighted by molar-refractivity contribution is 0.0922. The van der Waals surface area contributed by atoms with Gasteiger partial charge in [0.1, 0.15) is 5.69 Å². The molecule has 2 aromatic heterocycles. The fourth-order valence-corrected chi connectivity index (χ4v) is 2.88. The van der Waals surface area contributed by atoms with Crippen molar-refractivity contribution in [3.05, 3.63) is 52.6 Å². The Morgan fingerprint density at radius 3 is 2.86 bits per heavy atom. The Morgan fingerprint density at radius 1 is 1.52 bits per heavy atom. The molecule has 2 aromatic rings. The molecular weight excluding hydrogens is 286 g/mol. The highest BCUT2D eigenvalue weighted by Gasteiger charge is 2.35. The van der Waals surface area contributed by atoms with Crippen molar-refractivity contribution in [2.45, 2.75) is 25.8 Å². The van der Waals surface area contributed by atoms with E-state index in [1.807, 2.05) is 26.1 Å². The summed E-state index contributed by atoms with van der Waals surface area (Å²) in [5.41, 5.74) is 2.65. The number of hydrogen-bond acceptors (Lipinski definition) is 2. The third-order valence-electron chi connectivity index (χ3n) is 3.93. The first-order chi connectivity index (χ1) is 10.1. The number of carbonyl (C=O) groups excluding carboxylic acids is 1. The average Bonchev–Trinajstić information content (AvgIpc) is 3.22. The van der Waals surface area contributed by atoms with Gasteiger partial charge in [0.05, 0.1) is 16.8 Å². The Hall–Kier alpha value is -1.81. The Labute approximate surface area is 129 Å². The second-order valence-electron chi connectivity index (χ2n) is 5.65. The number of nitrogens with zero attached hydrogens (tertiary/aromatic N) is 2. The highest BCUT2D eigenvalue weighted by molar-refractivity contribution is 6.31. The minimum absolute atomic E-state index is 0.0209. The SMILES string of the molecule is Cc1cccnc1[C@H](NC(=O)c1cc(Cl)cn1C)C1CC1. The summed E-state index contributed by atoms with van der Waals surface area (Å²) in [6.07, 6.45) is 5.78. The van der Waals surface area contributed by atoms with Gasteiger partial charge in [-0.15, -0.1) is 0 Å². The molecule has 1 aliphatic carbocycles. The zero-order valence-corrected chi connectivity index (χ0v) is 12.9. The van der Waals surface area contributed by atoms with E-state index in [9.17, 15) is 4.79 Å². The number of nitrogens with one attached hydrogen (secondary N) is 1. The van der Waals surface area contributed by atoms with Crippen LogP contribution in [-0.2, 0) is 7.05 Å². The molecule has 1 atom stereocenters. The quantitative estimate of drug-likeness (QED) is 0.942. The molecule has 21 heavy (non-hydrogen) atoms. The van der Waals surface area contributed by atoms with Gasteiger partial charge in [-0.25, -0.2) is 0 Å². The number of aromatic nitrogens is 2. The third kappa shape index (κ3) is 2.95. The molecule has 2 heterocycles. The zero-order chi connectivity index (χ0) is 15.0. The smallest absolute Gasteiger partial charge is 0.268 e. The summed E-state index contributed by atoms with van der Waals surface area (Å²) in [6, 6.07) is 5.61. The maximum atomic E-state index is 12.5. The van der Waals surface area contributed by atoms with Gasteiger partial charge in [-0.1, -0.05) is 17.7 Å². The van der Waals surface area contributed by atoms with E-state index in [0.29, 0.717) is 16.6 Å². The first-order valence-corrected chi connectivity index (χ1v) is 7.48. The molecule has 4 nitrogen and oxygen atoms in total. The lowest BCUT2D eigenvalue weighted by atomic mass is 10.0. The largest absolute Gasteiger partial charge is 0.345 e. The van der Waals surface area contributed by atoms with Crippen molar-refractivity contribution >= 4 is 17.5 Å². The van der Waals surface area contributed by atoms with Crippen LogP contribution in [0, 0.1) is 12.8 Å². The van der Waals surface area contributed by atoms with Crippen LogP contribution in [0.5, 0.6) is 0 Å². The molecule has 3 rings (SSSR count). The van der Waals surface area contributed by atoms with Crippen molar-refractivity contribution < 1.29 is 4.79 Å². The highest BCUT2D eigenvalue weighted by atomic mass is 35.5. The number of amides is 1. The van der Waals surface area contributed by atoms with Gasteiger partial charge in [0.2, 0.25) is 0 Å². The average molecular weight is 304 g/mol. The minimum Gasteiger partial charge on any atom is -0.345 e. The molecule has 1 amide bonds. The van der Waals surface area contributed by atoms with Crippen molar-refractivity contribution in [2.75, 3.05) is 0 Å². The van der Waals surface area contributed by atoms with Crippen LogP contribution in [0.15, 0.2) is 30.6 Å². The van der Waals surface area contributed by atoms with Crippen LogP contribution in [0.3, 0.4) is 0 Å². The molecule has 1 aliphatic rings. The Balaban J connectivity index is 1.85. The minimum atomic E-state index is -0.105. The molecule has 110 valence electrons. The van der Waals surface area contributed by atoms with Gasteiger partial charge in [-0.3, -0.25) is 9.78 Å². The number of rotatable bonds is 4. The molecular formula is C16H18ClN3O. The topological polar surface area (TPSA) is 46.9 Å². The highest BCUT2D eigenvalue weighted by Crippen LogP contribution is 2.41. The van der Waals surface area contributed by atoms with Crippen LogP contribution in [0.2, 0.25) is 5.02 Å². The van der Waals surface area contributed by atoms with E-state index in [1.165, 1.54) is 0 Å². The summed E-state index contributed by atoms with van der Waals surface area (Å²) in [5.74, 6) is 0.379. The Bertz CT molecular complexity index is 676. The van der Waals surface area contributed by atoms with Gasteiger partial charge in [-0.05, 0) is 43.4 Å². The van der Waals surface area contributed by atoms with Crippen molar-refractivity contribution in [2.24, 2.45) is 13.0 Å². The van der Waals surface area contributed by atoms with Crippen molar-refractivity contribution in [1.82, 2.24) is 14.9 Å². The lowest BCUT2D eigenvalue weighted by Crippen LogP contribution is -2.32. The molecule has 0 unspecified atom stereocenters. The van der Waals surface area contributed by atoms with Gasteiger partial charge in [0, 0.05) is 19.4 Å². The fraction of sp³-hybridized carbons (Fsp3) is 0.375. The third-order valence-corrected chi connectivity index (χ3v) is 4.14. The molecule has 1 fully saturated rings. The first-order valence-electron chi connectivity index (χ1n) is 7.10. The summed E-state index contributed by atoms with van der Waals surface area (Å²) in [4.78, 5) is 17.0. The second-order valence-corrected chi connectivity index (χ2v) is 6.09. The van der Waals surface area contributed by atoms with Gasteiger partial charge < -0.3 is 9.88 Å². The molecule has 0 bridgehead atoms. The van der Waals surface area contributed by atoms with E-state index >= 15 is 0 Å². The van der Waals surface area contributed by atoms with Crippen LogP contribution in [0.4, 0.5) is 0 Å². The number of aryl methyl sites for hydroxylation is 2. The van der Waals surface area contributed by atoms with E-state index in [-0.39, 0.29) is 11.9 Å². The number of hydrogen-bond donors (Lipinski definition) is 1. The molecule has 0 spiro atoms. The van der Waals surface area contributed by atoms with Crippen molar-refractivity contribution in [3.63, 3.8) is 0 Å². The van der Waals surface area contributed by atoms with Gasteiger partial charge >= 0.3 is 0 Å². The first kappa shape index (κ1) is 14.1. The molecule has 0 saturated heterocycles. The normalized spacial score (nSPS) is 15.8. The van der Waals surface area contributed by atoms with Crippen LogP contribution in [0.1, 0.15) is 40.6 Å². The van der Waals surface area contributed by atoms with E-state index in [2.05, 4.69) is 10.3 Å². The lowest BCUT2D eigenvalue weighted by Gasteiger charge is -2.19. The molecule has 5 heteroatoms. The maximum absolute atomic E-state index is 12.5. The number of halogens is 1. The van der Waals surface area contributed by atoms with Crippen LogP contribution in [0.25, 0.3) is 0 Å². The van der Waals surface area contributed by atoms with E-state index in [1.54, 1.807) is 23.0 Å². The van der Waals surface area contributed by atoms with E-state index < -0.39 is 0 Å². The second kappa shape index (κ2) is 5.53. The van der Waals surface area contributed by atoms with E-state index in [4.69, 9.17) is 11.6 Å². The predicted octanol–water partition coefficient (Wildman–Crippen LogP) is 3.26. The van der Waals surface area contributed by atoms with Crippen molar-refractivity contribution in [3.8, 4) is 0 Å². The van der Waals surface area contributed by atoms with Gasteiger partial charge in [0.15, 0.2) is 0 Å². The maximum Gasteiger partial charge on any atom is 0.268 e. The monoisotopic (exact) mass is 303 g/mol. The van der Waals surface area contributed by atoms with Crippen LogP contribution >= 0.6 is 11.6 Å². The number of carbonyl (C=O) groups is 1. The molecule has 0 aromatic carbocycles. The van der Waals surface area contributed by atoms with Gasteiger partial charge in [-0.2, -0.15) is 0 Å². The Morgan fingerprint density at radius 2 is 2.29 bits per heavy atom. The molecule has 0 aliphatic heterocycles. The zero-order valence-electron chi connectivity index (χ0n) is 12.1. The van der Waals surface area contributed by atoms with Gasteiger partial charge in [0.25, 0.3) is 5.91 Å². The molecule has 1 N–H and O–H groups in total. The Kier molecular flexibility index (Phi) is 3.72. The van der Waals surface area contributed by atoms with Crippen molar-refractivity contribution in [1.29, 1.82) is 0 Å². The molecule has 1 saturated carbocycles. The van der Waals surface area contributed by atoms with E-state index in [0.717, 1.165) is 24.1 Å². The summed E-state index contributed by atoms with van der Waals surface area (Å²) >= 11 is 5.95. The van der Waals surface area contributed by atoms with Crippen LogP contribution in [-0.4, -0.2) is 15.5 Å². The molecule has 0 radical (unpaired) electrons.